The lowest BCUT2D eigenvalue weighted by Crippen LogP contribution is -2.37. The van der Waals surface area contributed by atoms with Crippen molar-refractivity contribution in [3.05, 3.63) is 17.6 Å². The second-order valence-electron chi connectivity index (χ2n) is 6.66. The molecule has 3 aliphatic rings. The van der Waals surface area contributed by atoms with Gasteiger partial charge in [-0.3, -0.25) is 4.79 Å². The van der Waals surface area contributed by atoms with E-state index in [9.17, 15) is 4.79 Å². The van der Waals surface area contributed by atoms with Gasteiger partial charge in [-0.1, -0.05) is 0 Å². The van der Waals surface area contributed by atoms with E-state index in [-0.39, 0.29) is 5.92 Å². The molecule has 2 saturated carbocycles. The van der Waals surface area contributed by atoms with Gasteiger partial charge in [0.05, 0.1) is 5.92 Å². The van der Waals surface area contributed by atoms with Crippen molar-refractivity contribution in [3.63, 3.8) is 0 Å². The highest BCUT2D eigenvalue weighted by atomic mass is 16.4. The highest BCUT2D eigenvalue weighted by molar-refractivity contribution is 5.70. The summed E-state index contributed by atoms with van der Waals surface area (Å²) in [5.41, 5.74) is 1.21. The summed E-state index contributed by atoms with van der Waals surface area (Å²) in [5.74, 6) is 2.41. The fourth-order valence-electron chi connectivity index (χ4n) is 3.10. The van der Waals surface area contributed by atoms with Gasteiger partial charge in [-0.25, -0.2) is 9.97 Å². The molecular formula is C16H21N3O2. The van der Waals surface area contributed by atoms with Gasteiger partial charge in [-0.2, -0.15) is 0 Å². The summed E-state index contributed by atoms with van der Waals surface area (Å²) in [7, 11) is 0. The Bertz CT molecular complexity index is 528. The van der Waals surface area contributed by atoms with E-state index in [4.69, 9.17) is 15.1 Å². The van der Waals surface area contributed by atoms with E-state index in [0.29, 0.717) is 11.8 Å². The van der Waals surface area contributed by atoms with E-state index in [1.165, 1.54) is 31.4 Å². The molecule has 1 aromatic heterocycles. The molecular weight excluding hydrogens is 266 g/mol. The zero-order valence-electron chi connectivity index (χ0n) is 12.2. The summed E-state index contributed by atoms with van der Waals surface area (Å²) in [6.45, 7) is 1.59. The molecule has 1 N–H and O–H groups in total. The zero-order chi connectivity index (χ0) is 14.4. The van der Waals surface area contributed by atoms with Crippen molar-refractivity contribution in [2.24, 2.45) is 5.92 Å². The summed E-state index contributed by atoms with van der Waals surface area (Å²) >= 11 is 0. The number of carboxylic acid groups (broad SMARTS) is 1. The number of rotatable bonds is 4. The molecule has 2 heterocycles. The summed E-state index contributed by atoms with van der Waals surface area (Å²) in [6, 6.07) is 2.14. The Balaban J connectivity index is 1.55. The van der Waals surface area contributed by atoms with E-state index < -0.39 is 5.97 Å². The first kappa shape index (κ1) is 13.0. The predicted octanol–water partition coefficient (Wildman–Crippen LogP) is 2.53. The minimum atomic E-state index is -0.658. The number of nitrogens with zero attached hydrogens (tertiary/aromatic N) is 3. The first-order valence-corrected chi connectivity index (χ1v) is 8.07. The van der Waals surface area contributed by atoms with Crippen LogP contribution in [0.1, 0.15) is 61.9 Å². The number of carbonyl (C=O) groups is 1. The van der Waals surface area contributed by atoms with Gasteiger partial charge >= 0.3 is 5.97 Å². The van der Waals surface area contributed by atoms with Gasteiger partial charge in [0.15, 0.2) is 0 Å². The van der Waals surface area contributed by atoms with Gasteiger partial charge in [-0.15, -0.1) is 0 Å². The number of anilines is 1. The summed E-state index contributed by atoms with van der Waals surface area (Å²) in [6.07, 6.45) is 6.38. The van der Waals surface area contributed by atoms with E-state index in [1.807, 2.05) is 0 Å². The quantitative estimate of drug-likeness (QED) is 0.921. The molecule has 21 heavy (non-hydrogen) atoms. The normalized spacial score (nSPS) is 23.3. The first-order chi connectivity index (χ1) is 10.2. The largest absolute Gasteiger partial charge is 0.481 e. The second kappa shape index (κ2) is 4.97. The maximum atomic E-state index is 11.1. The third-order valence-corrected chi connectivity index (χ3v) is 4.86. The second-order valence-corrected chi connectivity index (χ2v) is 6.66. The Morgan fingerprint density at radius 2 is 1.71 bits per heavy atom. The molecule has 0 amide bonds. The molecule has 0 atom stereocenters. The average Bonchev–Trinajstić information content (AvgIpc) is 3.40. The summed E-state index contributed by atoms with van der Waals surface area (Å²) < 4.78 is 0. The molecule has 0 spiro atoms. The van der Waals surface area contributed by atoms with Crippen molar-refractivity contribution in [2.45, 2.75) is 50.4 Å². The first-order valence-electron chi connectivity index (χ1n) is 8.07. The summed E-state index contributed by atoms with van der Waals surface area (Å²) in [5, 5.41) is 9.10. The van der Waals surface area contributed by atoms with Gasteiger partial charge in [0.25, 0.3) is 0 Å². The lowest BCUT2D eigenvalue weighted by Gasteiger charge is -2.31. The molecule has 5 heteroatoms. The van der Waals surface area contributed by atoms with Crippen LogP contribution < -0.4 is 4.90 Å². The molecule has 5 nitrogen and oxygen atoms in total. The van der Waals surface area contributed by atoms with Crippen LogP contribution in [-0.4, -0.2) is 34.1 Å². The van der Waals surface area contributed by atoms with Gasteiger partial charge in [-0.05, 0) is 38.5 Å². The molecule has 3 fully saturated rings. The number of carboxylic acids is 1. The Morgan fingerprint density at radius 1 is 1.05 bits per heavy atom. The molecule has 112 valence electrons. The number of aromatic nitrogens is 2. The van der Waals surface area contributed by atoms with Gasteiger partial charge in [0, 0.05) is 36.7 Å². The Kier molecular flexibility index (Phi) is 3.08. The zero-order valence-corrected chi connectivity index (χ0v) is 12.2. The lowest BCUT2D eigenvalue weighted by molar-refractivity contribution is -0.142. The van der Waals surface area contributed by atoms with Crippen LogP contribution in [0.15, 0.2) is 6.07 Å². The maximum Gasteiger partial charge on any atom is 0.306 e. The van der Waals surface area contributed by atoms with Crippen molar-refractivity contribution in [1.82, 2.24) is 9.97 Å². The van der Waals surface area contributed by atoms with Crippen molar-refractivity contribution >= 4 is 11.8 Å². The molecule has 0 bridgehead atoms. The predicted molar refractivity (Wildman–Crippen MR) is 78.6 cm³/mol. The number of piperidine rings is 1. The van der Waals surface area contributed by atoms with Crippen molar-refractivity contribution < 1.29 is 9.90 Å². The number of aliphatic carboxylic acids is 1. The standard InChI is InChI=1S/C16H21N3O2/c20-16(21)12-5-7-19(8-6-12)14-9-13(10-1-2-10)17-15(18-14)11-3-4-11/h9-12H,1-8H2,(H,20,21). The molecule has 1 aromatic rings. The van der Waals surface area contributed by atoms with E-state index >= 15 is 0 Å². The minimum absolute atomic E-state index is 0.186. The van der Waals surface area contributed by atoms with Crippen LogP contribution in [0.2, 0.25) is 0 Å². The molecule has 0 radical (unpaired) electrons. The van der Waals surface area contributed by atoms with Crippen LogP contribution in [0.3, 0.4) is 0 Å². The third-order valence-electron chi connectivity index (χ3n) is 4.86. The Hall–Kier alpha value is -1.65. The fourth-order valence-corrected chi connectivity index (χ4v) is 3.10. The smallest absolute Gasteiger partial charge is 0.306 e. The van der Waals surface area contributed by atoms with Crippen LogP contribution in [-0.2, 0) is 4.79 Å². The van der Waals surface area contributed by atoms with Crippen LogP contribution in [0, 0.1) is 5.92 Å². The van der Waals surface area contributed by atoms with Crippen LogP contribution in [0.25, 0.3) is 0 Å². The van der Waals surface area contributed by atoms with Gasteiger partial charge < -0.3 is 10.0 Å². The maximum absolute atomic E-state index is 11.1. The molecule has 0 unspecified atom stereocenters. The fraction of sp³-hybridized carbons (Fsp3) is 0.688. The summed E-state index contributed by atoms with van der Waals surface area (Å²) in [4.78, 5) is 22.8. The van der Waals surface area contributed by atoms with Crippen molar-refractivity contribution in [2.75, 3.05) is 18.0 Å². The van der Waals surface area contributed by atoms with Crippen LogP contribution in [0.5, 0.6) is 0 Å². The highest BCUT2D eigenvalue weighted by Crippen LogP contribution is 2.43. The van der Waals surface area contributed by atoms with Crippen molar-refractivity contribution in [3.8, 4) is 0 Å². The minimum Gasteiger partial charge on any atom is -0.481 e. The molecule has 0 aromatic carbocycles. The lowest BCUT2D eigenvalue weighted by atomic mass is 9.97. The SMILES string of the molecule is O=C(O)C1CCN(c2cc(C3CC3)nc(C3CC3)n2)CC1. The van der Waals surface area contributed by atoms with E-state index in [0.717, 1.165) is 37.6 Å². The van der Waals surface area contributed by atoms with Gasteiger partial charge in [0.1, 0.15) is 11.6 Å². The Morgan fingerprint density at radius 3 is 2.29 bits per heavy atom. The molecule has 4 rings (SSSR count). The average molecular weight is 287 g/mol. The topological polar surface area (TPSA) is 66.3 Å². The third kappa shape index (κ3) is 2.74. The highest BCUT2D eigenvalue weighted by Gasteiger charge is 2.32. The number of hydrogen-bond acceptors (Lipinski definition) is 4. The van der Waals surface area contributed by atoms with E-state index in [2.05, 4.69) is 11.0 Å². The van der Waals surface area contributed by atoms with E-state index in [1.54, 1.807) is 0 Å². The monoisotopic (exact) mass is 287 g/mol. The number of hydrogen-bond donors (Lipinski definition) is 1. The Labute approximate surface area is 124 Å². The van der Waals surface area contributed by atoms with Crippen LogP contribution in [0.4, 0.5) is 5.82 Å². The molecule has 1 aliphatic heterocycles. The molecule has 2 aliphatic carbocycles. The van der Waals surface area contributed by atoms with Crippen LogP contribution >= 0.6 is 0 Å². The molecule has 1 saturated heterocycles. The van der Waals surface area contributed by atoms with Crippen molar-refractivity contribution in [1.29, 1.82) is 0 Å². The van der Waals surface area contributed by atoms with Gasteiger partial charge in [0.2, 0.25) is 0 Å².